The van der Waals surface area contributed by atoms with Gasteiger partial charge in [-0.05, 0) is 25.0 Å². The fourth-order valence-corrected chi connectivity index (χ4v) is 1.81. The summed E-state index contributed by atoms with van der Waals surface area (Å²) in [5.74, 6) is -0.369. The van der Waals surface area contributed by atoms with Crippen molar-refractivity contribution < 1.29 is 14.0 Å². The number of unbranched alkanes of at least 4 members (excludes halogenated alkanes) is 2. The Hall–Kier alpha value is -1.78. The second-order valence-electron chi connectivity index (χ2n) is 4.76. The highest BCUT2D eigenvalue weighted by Crippen LogP contribution is 2.02. The van der Waals surface area contributed by atoms with Crippen LogP contribution in [0, 0.1) is 0 Å². The fourth-order valence-electron chi connectivity index (χ4n) is 1.81. The molecule has 0 saturated carbocycles. The lowest BCUT2D eigenvalue weighted by molar-refractivity contribution is -0.146. The van der Waals surface area contributed by atoms with Crippen molar-refractivity contribution in [1.29, 1.82) is 0 Å². The van der Waals surface area contributed by atoms with Crippen molar-refractivity contribution in [2.24, 2.45) is 0 Å². The number of rotatable bonds is 8. The number of amides is 2. The molecule has 0 unspecified atom stereocenters. The highest BCUT2D eigenvalue weighted by Gasteiger charge is 2.20. The van der Waals surface area contributed by atoms with Gasteiger partial charge in [0.25, 0.3) is 0 Å². The van der Waals surface area contributed by atoms with Crippen LogP contribution in [0.1, 0.15) is 45.3 Å². The molecule has 0 aliphatic carbocycles. The molecule has 20 heavy (non-hydrogen) atoms. The molecular formula is C15H24N2O3. The quantitative estimate of drug-likeness (QED) is 0.743. The second-order valence-corrected chi connectivity index (χ2v) is 4.76. The summed E-state index contributed by atoms with van der Waals surface area (Å²) in [6.07, 6.45) is 5.38. The second kappa shape index (κ2) is 9.18. The van der Waals surface area contributed by atoms with Crippen molar-refractivity contribution in [2.45, 2.75) is 46.1 Å². The molecule has 1 heterocycles. The molecule has 112 valence electrons. The van der Waals surface area contributed by atoms with Crippen molar-refractivity contribution in [3.8, 4) is 0 Å². The topological polar surface area (TPSA) is 62.6 Å². The summed E-state index contributed by atoms with van der Waals surface area (Å²) >= 11 is 0. The predicted octanol–water partition coefficient (Wildman–Crippen LogP) is 2.32. The Morgan fingerprint density at radius 3 is 2.35 bits per heavy atom. The zero-order valence-corrected chi connectivity index (χ0v) is 12.4. The summed E-state index contributed by atoms with van der Waals surface area (Å²) in [6, 6.07) is 3.51. The maximum atomic E-state index is 12.1. The van der Waals surface area contributed by atoms with Gasteiger partial charge in [-0.2, -0.15) is 0 Å². The molecule has 5 heteroatoms. The molecule has 0 atom stereocenters. The Kier molecular flexibility index (Phi) is 7.47. The standard InChI is InChI=1S/C15H24N2O3/c1-3-5-9-17(10-6-4-2)15(19)14(18)16-12-13-8-7-11-20-13/h7-8,11H,3-6,9-10,12H2,1-2H3,(H,16,18). The van der Waals surface area contributed by atoms with Crippen LogP contribution < -0.4 is 5.32 Å². The van der Waals surface area contributed by atoms with Gasteiger partial charge in [0.2, 0.25) is 0 Å². The molecule has 0 bridgehead atoms. The first-order valence-corrected chi connectivity index (χ1v) is 7.28. The molecule has 0 aromatic carbocycles. The van der Waals surface area contributed by atoms with Gasteiger partial charge in [0.15, 0.2) is 0 Å². The van der Waals surface area contributed by atoms with Gasteiger partial charge in [-0.15, -0.1) is 0 Å². The lowest BCUT2D eigenvalue weighted by atomic mass is 10.2. The Morgan fingerprint density at radius 1 is 1.20 bits per heavy atom. The number of carbonyl (C=O) groups is 2. The van der Waals surface area contributed by atoms with Gasteiger partial charge >= 0.3 is 11.8 Å². The Labute approximate surface area is 120 Å². The summed E-state index contributed by atoms with van der Waals surface area (Å²) in [5.41, 5.74) is 0. The van der Waals surface area contributed by atoms with Crippen LogP contribution >= 0.6 is 0 Å². The lowest BCUT2D eigenvalue weighted by Gasteiger charge is -2.21. The molecule has 0 aliphatic heterocycles. The average molecular weight is 280 g/mol. The van der Waals surface area contributed by atoms with Crippen molar-refractivity contribution in [2.75, 3.05) is 13.1 Å². The van der Waals surface area contributed by atoms with E-state index >= 15 is 0 Å². The third-order valence-electron chi connectivity index (χ3n) is 3.05. The van der Waals surface area contributed by atoms with E-state index in [4.69, 9.17) is 4.42 Å². The average Bonchev–Trinajstić information content (AvgIpc) is 2.97. The molecule has 0 spiro atoms. The highest BCUT2D eigenvalue weighted by molar-refractivity contribution is 6.34. The molecule has 5 nitrogen and oxygen atoms in total. The minimum absolute atomic E-state index is 0.243. The van der Waals surface area contributed by atoms with E-state index in [-0.39, 0.29) is 6.54 Å². The number of nitrogens with one attached hydrogen (secondary N) is 1. The maximum Gasteiger partial charge on any atom is 0.311 e. The number of hydrogen-bond donors (Lipinski definition) is 1. The van der Waals surface area contributed by atoms with Crippen LogP contribution in [0.25, 0.3) is 0 Å². The van der Waals surface area contributed by atoms with E-state index in [1.807, 2.05) is 0 Å². The molecule has 1 aromatic rings. The van der Waals surface area contributed by atoms with Gasteiger partial charge in [0, 0.05) is 13.1 Å². The molecule has 0 aliphatic rings. The smallest absolute Gasteiger partial charge is 0.311 e. The van der Waals surface area contributed by atoms with E-state index in [2.05, 4.69) is 19.2 Å². The Balaban J connectivity index is 2.46. The van der Waals surface area contributed by atoms with Gasteiger partial charge in [0.1, 0.15) is 5.76 Å². The van der Waals surface area contributed by atoms with Gasteiger partial charge in [-0.1, -0.05) is 26.7 Å². The Bertz CT molecular complexity index is 393. The first-order chi connectivity index (χ1) is 9.69. The third-order valence-corrected chi connectivity index (χ3v) is 3.05. The van der Waals surface area contributed by atoms with Gasteiger partial charge in [-0.25, -0.2) is 0 Å². The zero-order chi connectivity index (χ0) is 14.8. The normalized spacial score (nSPS) is 10.3. The van der Waals surface area contributed by atoms with Crippen molar-refractivity contribution in [1.82, 2.24) is 10.2 Å². The van der Waals surface area contributed by atoms with Gasteiger partial charge in [0.05, 0.1) is 12.8 Å². The van der Waals surface area contributed by atoms with Gasteiger partial charge in [-0.3, -0.25) is 9.59 Å². The minimum atomic E-state index is -0.561. The number of hydrogen-bond acceptors (Lipinski definition) is 3. The predicted molar refractivity (Wildman–Crippen MR) is 77.0 cm³/mol. The first-order valence-electron chi connectivity index (χ1n) is 7.28. The van der Waals surface area contributed by atoms with E-state index in [9.17, 15) is 9.59 Å². The molecule has 2 amide bonds. The minimum Gasteiger partial charge on any atom is -0.467 e. The summed E-state index contributed by atoms with van der Waals surface area (Å²) in [6.45, 7) is 5.67. The van der Waals surface area contributed by atoms with E-state index in [1.54, 1.807) is 17.0 Å². The third kappa shape index (κ3) is 5.47. The van der Waals surface area contributed by atoms with Crippen LogP contribution in [0.2, 0.25) is 0 Å². The fraction of sp³-hybridized carbons (Fsp3) is 0.600. The molecule has 1 rings (SSSR count). The van der Waals surface area contributed by atoms with E-state index < -0.39 is 11.8 Å². The summed E-state index contributed by atoms with van der Waals surface area (Å²) in [7, 11) is 0. The molecule has 0 fully saturated rings. The number of furan rings is 1. The largest absolute Gasteiger partial charge is 0.467 e. The van der Waals surface area contributed by atoms with Crippen LogP contribution in [-0.4, -0.2) is 29.8 Å². The van der Waals surface area contributed by atoms with Gasteiger partial charge < -0.3 is 14.6 Å². The SMILES string of the molecule is CCCCN(CCCC)C(=O)C(=O)NCc1ccco1. The first kappa shape index (κ1) is 16.3. The monoisotopic (exact) mass is 280 g/mol. The molecular weight excluding hydrogens is 256 g/mol. The maximum absolute atomic E-state index is 12.1. The molecule has 0 radical (unpaired) electrons. The van der Waals surface area contributed by atoms with Crippen LogP contribution in [0.15, 0.2) is 22.8 Å². The van der Waals surface area contributed by atoms with Crippen LogP contribution in [0.3, 0.4) is 0 Å². The highest BCUT2D eigenvalue weighted by atomic mass is 16.3. The van der Waals surface area contributed by atoms with E-state index in [0.717, 1.165) is 25.7 Å². The summed E-state index contributed by atoms with van der Waals surface area (Å²) in [5, 5.41) is 2.59. The lowest BCUT2D eigenvalue weighted by Crippen LogP contribution is -2.43. The van der Waals surface area contributed by atoms with Crippen LogP contribution in [0.4, 0.5) is 0 Å². The van der Waals surface area contributed by atoms with E-state index in [0.29, 0.717) is 18.8 Å². The molecule has 1 aromatic heterocycles. The summed E-state index contributed by atoms with van der Waals surface area (Å²) in [4.78, 5) is 25.6. The van der Waals surface area contributed by atoms with Crippen molar-refractivity contribution in [3.63, 3.8) is 0 Å². The number of carbonyl (C=O) groups excluding carboxylic acids is 2. The molecule has 1 N–H and O–H groups in total. The summed E-state index contributed by atoms with van der Waals surface area (Å²) < 4.78 is 5.11. The number of nitrogens with zero attached hydrogens (tertiary/aromatic N) is 1. The zero-order valence-electron chi connectivity index (χ0n) is 12.4. The van der Waals surface area contributed by atoms with Crippen molar-refractivity contribution >= 4 is 11.8 Å². The van der Waals surface area contributed by atoms with Crippen LogP contribution in [0.5, 0.6) is 0 Å². The Morgan fingerprint density at radius 2 is 1.85 bits per heavy atom. The van der Waals surface area contributed by atoms with Crippen molar-refractivity contribution in [3.05, 3.63) is 24.2 Å². The molecule has 0 saturated heterocycles. The van der Waals surface area contributed by atoms with E-state index in [1.165, 1.54) is 6.26 Å². The van der Waals surface area contributed by atoms with Crippen LogP contribution in [-0.2, 0) is 16.1 Å².